The van der Waals surface area contributed by atoms with Gasteiger partial charge in [0.05, 0.1) is 5.69 Å². The van der Waals surface area contributed by atoms with Crippen molar-refractivity contribution in [2.75, 3.05) is 33.2 Å². The summed E-state index contributed by atoms with van der Waals surface area (Å²) in [5.74, 6) is 0.134. The van der Waals surface area contributed by atoms with Crippen LogP contribution < -0.4 is 0 Å². The van der Waals surface area contributed by atoms with E-state index in [-0.39, 0.29) is 5.91 Å². The van der Waals surface area contributed by atoms with E-state index in [2.05, 4.69) is 10.00 Å². The third-order valence-electron chi connectivity index (χ3n) is 5.07. The Bertz CT molecular complexity index is 531. The lowest BCUT2D eigenvalue weighted by molar-refractivity contribution is 0.0761. The number of amides is 1. The number of hydrogen-bond donors (Lipinski definition) is 0. The summed E-state index contributed by atoms with van der Waals surface area (Å²) in [6, 6.07) is 0. The van der Waals surface area contributed by atoms with Gasteiger partial charge in [-0.3, -0.25) is 9.48 Å². The lowest BCUT2D eigenvalue weighted by Gasteiger charge is -2.28. The minimum atomic E-state index is 0.134. The summed E-state index contributed by atoms with van der Waals surface area (Å²) in [6.45, 7) is 4.16. The smallest absolute Gasteiger partial charge is 0.272 e. The molecular weight excluding hydrogens is 276 g/mol. The van der Waals surface area contributed by atoms with Gasteiger partial charge in [-0.05, 0) is 51.6 Å². The molecule has 0 N–H and O–H groups in total. The molecule has 0 bridgehead atoms. The SMILES string of the molecule is CN(CCN1CCCCC1)C(=O)c1c2c(nn1C)CCCC2. The zero-order chi connectivity index (χ0) is 15.5. The van der Waals surface area contributed by atoms with Crippen molar-refractivity contribution in [2.45, 2.75) is 44.9 Å². The number of aromatic nitrogens is 2. The monoisotopic (exact) mass is 304 g/mol. The fourth-order valence-corrected chi connectivity index (χ4v) is 3.71. The van der Waals surface area contributed by atoms with Crippen LogP contribution in [0.4, 0.5) is 0 Å². The first-order valence-corrected chi connectivity index (χ1v) is 8.69. The number of likely N-dealkylation sites (N-methyl/N-ethyl adjacent to an activating group) is 1. The van der Waals surface area contributed by atoms with E-state index in [1.165, 1.54) is 50.8 Å². The van der Waals surface area contributed by atoms with E-state index in [9.17, 15) is 4.79 Å². The third-order valence-corrected chi connectivity index (χ3v) is 5.07. The molecule has 1 aliphatic heterocycles. The van der Waals surface area contributed by atoms with E-state index >= 15 is 0 Å². The van der Waals surface area contributed by atoms with Crippen molar-refractivity contribution in [2.24, 2.45) is 7.05 Å². The number of aryl methyl sites for hydroxylation is 2. The second kappa shape index (κ2) is 6.82. The Labute approximate surface area is 133 Å². The van der Waals surface area contributed by atoms with Crippen molar-refractivity contribution in [1.82, 2.24) is 19.6 Å². The molecule has 1 aliphatic carbocycles. The molecule has 1 amide bonds. The average molecular weight is 304 g/mol. The maximum absolute atomic E-state index is 12.8. The molecule has 5 heteroatoms. The highest BCUT2D eigenvalue weighted by Gasteiger charge is 2.26. The van der Waals surface area contributed by atoms with Gasteiger partial charge >= 0.3 is 0 Å². The quantitative estimate of drug-likeness (QED) is 0.852. The zero-order valence-electron chi connectivity index (χ0n) is 14.0. The molecule has 0 saturated carbocycles. The van der Waals surface area contributed by atoms with Crippen molar-refractivity contribution in [3.05, 3.63) is 17.0 Å². The minimum Gasteiger partial charge on any atom is -0.339 e. The maximum atomic E-state index is 12.8. The van der Waals surface area contributed by atoms with Crippen molar-refractivity contribution >= 4 is 5.91 Å². The second-order valence-corrected chi connectivity index (χ2v) is 6.73. The van der Waals surface area contributed by atoms with Crippen molar-refractivity contribution in [3.63, 3.8) is 0 Å². The largest absolute Gasteiger partial charge is 0.339 e. The molecule has 0 radical (unpaired) electrons. The van der Waals surface area contributed by atoms with Gasteiger partial charge in [0.1, 0.15) is 5.69 Å². The summed E-state index contributed by atoms with van der Waals surface area (Å²) in [5.41, 5.74) is 3.15. The number of nitrogens with zero attached hydrogens (tertiary/aromatic N) is 4. The summed E-state index contributed by atoms with van der Waals surface area (Å²) in [7, 11) is 3.83. The van der Waals surface area contributed by atoms with Gasteiger partial charge in [0.25, 0.3) is 5.91 Å². The van der Waals surface area contributed by atoms with Crippen LogP contribution in [-0.4, -0.2) is 58.7 Å². The Morgan fingerprint density at radius 1 is 1.14 bits per heavy atom. The molecule has 1 fully saturated rings. The van der Waals surface area contributed by atoms with Crippen LogP contribution in [0.25, 0.3) is 0 Å². The van der Waals surface area contributed by atoms with Crippen LogP contribution in [0.2, 0.25) is 0 Å². The molecule has 3 rings (SSSR count). The zero-order valence-corrected chi connectivity index (χ0v) is 14.0. The molecule has 2 heterocycles. The van der Waals surface area contributed by atoms with Gasteiger partial charge < -0.3 is 9.80 Å². The van der Waals surface area contributed by atoms with Gasteiger partial charge in [0.15, 0.2) is 0 Å². The van der Waals surface area contributed by atoms with Crippen LogP contribution in [0, 0.1) is 0 Å². The van der Waals surface area contributed by atoms with Crippen LogP contribution in [0.15, 0.2) is 0 Å². The summed E-state index contributed by atoms with van der Waals surface area (Å²) < 4.78 is 1.80. The molecule has 2 aliphatic rings. The summed E-state index contributed by atoms with van der Waals surface area (Å²) in [6.07, 6.45) is 8.35. The predicted molar refractivity (Wildman–Crippen MR) is 87.1 cm³/mol. The summed E-state index contributed by atoms with van der Waals surface area (Å²) >= 11 is 0. The van der Waals surface area contributed by atoms with Gasteiger partial charge in [-0.15, -0.1) is 0 Å². The van der Waals surface area contributed by atoms with Gasteiger partial charge in [-0.2, -0.15) is 5.10 Å². The van der Waals surface area contributed by atoms with Crippen LogP contribution in [0.1, 0.15) is 53.8 Å². The number of hydrogen-bond acceptors (Lipinski definition) is 3. The normalized spacial score (nSPS) is 19.0. The summed E-state index contributed by atoms with van der Waals surface area (Å²) in [4.78, 5) is 17.2. The average Bonchev–Trinajstić information content (AvgIpc) is 2.88. The maximum Gasteiger partial charge on any atom is 0.272 e. The van der Waals surface area contributed by atoms with Gasteiger partial charge in [0.2, 0.25) is 0 Å². The fourth-order valence-electron chi connectivity index (χ4n) is 3.71. The van der Waals surface area contributed by atoms with E-state index in [0.717, 1.165) is 37.3 Å². The van der Waals surface area contributed by atoms with Gasteiger partial charge in [-0.25, -0.2) is 0 Å². The van der Waals surface area contributed by atoms with E-state index in [1.54, 1.807) is 4.68 Å². The lowest BCUT2D eigenvalue weighted by atomic mass is 9.95. The molecule has 1 aromatic rings. The molecule has 0 unspecified atom stereocenters. The molecule has 0 atom stereocenters. The molecule has 0 spiro atoms. The van der Waals surface area contributed by atoms with Crippen LogP contribution in [0.3, 0.4) is 0 Å². The molecule has 1 aromatic heterocycles. The molecular formula is C17H28N4O. The number of carbonyl (C=O) groups is 1. The number of fused-ring (bicyclic) bond motifs is 1. The first kappa shape index (κ1) is 15.5. The number of carbonyl (C=O) groups excluding carboxylic acids is 1. The Balaban J connectivity index is 1.64. The Kier molecular flexibility index (Phi) is 4.81. The van der Waals surface area contributed by atoms with E-state index < -0.39 is 0 Å². The van der Waals surface area contributed by atoms with Crippen LogP contribution >= 0.6 is 0 Å². The Hall–Kier alpha value is -1.36. The first-order valence-electron chi connectivity index (χ1n) is 8.69. The Morgan fingerprint density at radius 2 is 1.86 bits per heavy atom. The molecule has 22 heavy (non-hydrogen) atoms. The lowest BCUT2D eigenvalue weighted by Crippen LogP contribution is -2.39. The molecule has 122 valence electrons. The van der Waals surface area contributed by atoms with Gasteiger partial charge in [0, 0.05) is 32.7 Å². The van der Waals surface area contributed by atoms with Crippen LogP contribution in [-0.2, 0) is 19.9 Å². The highest BCUT2D eigenvalue weighted by Crippen LogP contribution is 2.24. The first-order chi connectivity index (χ1) is 10.7. The fraction of sp³-hybridized carbons (Fsp3) is 0.765. The highest BCUT2D eigenvalue weighted by atomic mass is 16.2. The van der Waals surface area contributed by atoms with E-state index in [0.29, 0.717) is 0 Å². The predicted octanol–water partition coefficient (Wildman–Crippen LogP) is 1.86. The Morgan fingerprint density at radius 3 is 2.64 bits per heavy atom. The standard InChI is InChI=1S/C17H28N4O/c1-19(12-13-21-10-6-3-7-11-21)17(22)16-14-8-4-5-9-15(14)18-20(16)2/h3-13H2,1-2H3. The number of piperidine rings is 1. The minimum absolute atomic E-state index is 0.134. The molecule has 1 saturated heterocycles. The van der Waals surface area contributed by atoms with Gasteiger partial charge in [-0.1, -0.05) is 6.42 Å². The number of rotatable bonds is 4. The van der Waals surface area contributed by atoms with E-state index in [1.807, 2.05) is 19.0 Å². The third kappa shape index (κ3) is 3.19. The second-order valence-electron chi connectivity index (χ2n) is 6.73. The highest BCUT2D eigenvalue weighted by molar-refractivity contribution is 5.94. The summed E-state index contributed by atoms with van der Waals surface area (Å²) in [5, 5.41) is 4.56. The number of likely N-dealkylation sites (tertiary alicyclic amines) is 1. The topological polar surface area (TPSA) is 41.4 Å². The van der Waals surface area contributed by atoms with Crippen molar-refractivity contribution in [3.8, 4) is 0 Å². The van der Waals surface area contributed by atoms with Crippen molar-refractivity contribution in [1.29, 1.82) is 0 Å². The van der Waals surface area contributed by atoms with Crippen molar-refractivity contribution < 1.29 is 4.79 Å². The molecule has 0 aromatic carbocycles. The molecule has 5 nitrogen and oxygen atoms in total. The van der Waals surface area contributed by atoms with Crippen LogP contribution in [0.5, 0.6) is 0 Å². The van der Waals surface area contributed by atoms with E-state index in [4.69, 9.17) is 0 Å².